The van der Waals surface area contributed by atoms with Gasteiger partial charge in [-0.1, -0.05) is 37.3 Å². The molecule has 2 aromatic carbocycles. The zero-order valence-corrected chi connectivity index (χ0v) is 15.3. The third-order valence-electron chi connectivity index (χ3n) is 4.31. The molecule has 27 heavy (non-hydrogen) atoms. The van der Waals surface area contributed by atoms with Crippen LogP contribution in [0.4, 0.5) is 11.4 Å². The van der Waals surface area contributed by atoms with E-state index < -0.39 is 0 Å². The molecule has 0 aliphatic carbocycles. The molecular formula is C22H21N3O2. The van der Waals surface area contributed by atoms with Crippen molar-refractivity contribution in [3.05, 3.63) is 89.7 Å². The fourth-order valence-corrected chi connectivity index (χ4v) is 2.67. The highest BCUT2D eigenvalue weighted by Gasteiger charge is 2.16. The SMILES string of the molecule is CCc1ccc(NC(=O)c2cc(C(=O)N(C)c3ccccc3)ccn2)cc1. The first kappa shape index (κ1) is 18.3. The molecule has 0 aliphatic heterocycles. The molecule has 5 nitrogen and oxygen atoms in total. The number of hydrogen-bond donors (Lipinski definition) is 1. The van der Waals surface area contributed by atoms with Gasteiger partial charge in [-0.3, -0.25) is 14.6 Å². The van der Waals surface area contributed by atoms with Gasteiger partial charge in [-0.25, -0.2) is 0 Å². The lowest BCUT2D eigenvalue weighted by Gasteiger charge is -2.17. The van der Waals surface area contributed by atoms with Crippen LogP contribution in [0.5, 0.6) is 0 Å². The standard InChI is InChI=1S/C22H21N3O2/c1-3-16-9-11-18(12-10-16)24-21(26)20-15-17(13-14-23-20)22(27)25(2)19-7-5-4-6-8-19/h4-15H,3H2,1-2H3,(H,24,26). The lowest BCUT2D eigenvalue weighted by molar-refractivity contribution is 0.0993. The summed E-state index contributed by atoms with van der Waals surface area (Å²) in [6, 6.07) is 20.1. The Hall–Kier alpha value is -3.47. The zero-order valence-electron chi connectivity index (χ0n) is 15.3. The minimum atomic E-state index is -0.351. The molecule has 3 rings (SSSR count). The molecule has 0 aliphatic rings. The summed E-state index contributed by atoms with van der Waals surface area (Å²) in [4.78, 5) is 30.8. The molecular weight excluding hydrogens is 338 g/mol. The third kappa shape index (κ3) is 4.39. The molecule has 0 unspecified atom stereocenters. The van der Waals surface area contributed by atoms with Gasteiger partial charge in [0, 0.05) is 30.2 Å². The van der Waals surface area contributed by atoms with Crippen molar-refractivity contribution in [1.29, 1.82) is 0 Å². The van der Waals surface area contributed by atoms with E-state index in [1.54, 1.807) is 18.0 Å². The first-order valence-corrected chi connectivity index (χ1v) is 8.78. The number of nitrogens with one attached hydrogen (secondary N) is 1. The van der Waals surface area contributed by atoms with Crippen molar-refractivity contribution in [2.24, 2.45) is 0 Å². The van der Waals surface area contributed by atoms with Crippen LogP contribution in [0.3, 0.4) is 0 Å². The number of para-hydroxylation sites is 1. The molecule has 1 N–H and O–H groups in total. The smallest absolute Gasteiger partial charge is 0.274 e. The Bertz CT molecular complexity index is 937. The van der Waals surface area contributed by atoms with Crippen LogP contribution >= 0.6 is 0 Å². The predicted molar refractivity (Wildman–Crippen MR) is 107 cm³/mol. The number of amides is 2. The minimum Gasteiger partial charge on any atom is -0.321 e. The molecule has 0 bridgehead atoms. The Balaban J connectivity index is 1.76. The fraction of sp³-hybridized carbons (Fsp3) is 0.136. The molecule has 3 aromatic rings. The molecule has 0 saturated heterocycles. The summed E-state index contributed by atoms with van der Waals surface area (Å²) in [5, 5.41) is 2.81. The number of carbonyl (C=O) groups excluding carboxylic acids is 2. The number of pyridine rings is 1. The highest BCUT2D eigenvalue weighted by Crippen LogP contribution is 2.16. The number of aryl methyl sites for hydroxylation is 1. The maximum atomic E-state index is 12.7. The normalized spacial score (nSPS) is 10.3. The summed E-state index contributed by atoms with van der Waals surface area (Å²) in [5.74, 6) is -0.554. The van der Waals surface area contributed by atoms with Crippen molar-refractivity contribution < 1.29 is 9.59 Å². The van der Waals surface area contributed by atoms with Crippen LogP contribution in [0.1, 0.15) is 33.3 Å². The van der Waals surface area contributed by atoms with E-state index in [9.17, 15) is 9.59 Å². The van der Waals surface area contributed by atoms with Crippen molar-refractivity contribution in [2.45, 2.75) is 13.3 Å². The molecule has 0 saturated carbocycles. The van der Waals surface area contributed by atoms with E-state index in [1.165, 1.54) is 17.8 Å². The van der Waals surface area contributed by atoms with Gasteiger partial charge in [0.15, 0.2) is 0 Å². The van der Waals surface area contributed by atoms with Gasteiger partial charge in [0.1, 0.15) is 5.69 Å². The molecule has 5 heteroatoms. The van der Waals surface area contributed by atoms with E-state index in [2.05, 4.69) is 17.2 Å². The van der Waals surface area contributed by atoms with Crippen LogP contribution in [0.15, 0.2) is 72.9 Å². The second-order valence-electron chi connectivity index (χ2n) is 6.13. The van der Waals surface area contributed by atoms with E-state index >= 15 is 0 Å². The minimum absolute atomic E-state index is 0.196. The number of carbonyl (C=O) groups is 2. The van der Waals surface area contributed by atoms with Gasteiger partial charge in [0.2, 0.25) is 0 Å². The number of nitrogens with zero attached hydrogens (tertiary/aromatic N) is 2. The summed E-state index contributed by atoms with van der Waals surface area (Å²) in [7, 11) is 1.70. The maximum absolute atomic E-state index is 12.7. The number of rotatable bonds is 5. The van der Waals surface area contributed by atoms with Crippen LogP contribution in [-0.2, 0) is 6.42 Å². The van der Waals surface area contributed by atoms with Gasteiger partial charge >= 0.3 is 0 Å². The Morgan fingerprint density at radius 2 is 1.70 bits per heavy atom. The third-order valence-corrected chi connectivity index (χ3v) is 4.31. The number of benzene rings is 2. The second-order valence-corrected chi connectivity index (χ2v) is 6.13. The van der Waals surface area contributed by atoms with Crippen LogP contribution in [0.25, 0.3) is 0 Å². The summed E-state index contributed by atoms with van der Waals surface area (Å²) in [6.07, 6.45) is 2.41. The molecule has 0 spiro atoms. The summed E-state index contributed by atoms with van der Waals surface area (Å²) >= 11 is 0. The highest BCUT2D eigenvalue weighted by atomic mass is 16.2. The lowest BCUT2D eigenvalue weighted by Crippen LogP contribution is -2.26. The molecule has 2 amide bonds. The Kier molecular flexibility index (Phi) is 5.61. The van der Waals surface area contributed by atoms with Gasteiger partial charge in [-0.15, -0.1) is 0 Å². The summed E-state index contributed by atoms with van der Waals surface area (Å²) in [5.41, 5.74) is 3.27. The topological polar surface area (TPSA) is 62.3 Å². The van der Waals surface area contributed by atoms with Crippen LogP contribution < -0.4 is 10.2 Å². The average molecular weight is 359 g/mol. The van der Waals surface area contributed by atoms with E-state index in [1.807, 2.05) is 54.6 Å². The zero-order chi connectivity index (χ0) is 19.2. The largest absolute Gasteiger partial charge is 0.321 e. The first-order valence-electron chi connectivity index (χ1n) is 8.78. The number of aromatic nitrogens is 1. The highest BCUT2D eigenvalue weighted by molar-refractivity contribution is 6.08. The summed E-state index contributed by atoms with van der Waals surface area (Å²) in [6.45, 7) is 2.08. The van der Waals surface area contributed by atoms with E-state index in [0.29, 0.717) is 11.3 Å². The Labute approximate surface area is 158 Å². The van der Waals surface area contributed by atoms with Crippen molar-refractivity contribution in [2.75, 3.05) is 17.3 Å². The molecule has 136 valence electrons. The fourth-order valence-electron chi connectivity index (χ4n) is 2.67. The van der Waals surface area contributed by atoms with Crippen LogP contribution in [-0.4, -0.2) is 23.8 Å². The maximum Gasteiger partial charge on any atom is 0.274 e. The lowest BCUT2D eigenvalue weighted by atomic mass is 10.1. The first-order chi connectivity index (χ1) is 13.1. The van der Waals surface area contributed by atoms with Gasteiger partial charge < -0.3 is 10.2 Å². The Morgan fingerprint density at radius 3 is 2.37 bits per heavy atom. The van der Waals surface area contributed by atoms with Gasteiger partial charge in [0.25, 0.3) is 11.8 Å². The van der Waals surface area contributed by atoms with Crippen molar-refractivity contribution in [3.8, 4) is 0 Å². The molecule has 0 radical (unpaired) electrons. The Morgan fingerprint density at radius 1 is 1.00 bits per heavy atom. The molecule has 1 heterocycles. The van der Waals surface area contributed by atoms with Crippen molar-refractivity contribution >= 4 is 23.2 Å². The number of anilines is 2. The van der Waals surface area contributed by atoms with Crippen LogP contribution in [0, 0.1) is 0 Å². The second kappa shape index (κ2) is 8.27. The monoisotopic (exact) mass is 359 g/mol. The van der Waals surface area contributed by atoms with E-state index in [0.717, 1.165) is 12.1 Å². The van der Waals surface area contributed by atoms with Crippen molar-refractivity contribution in [1.82, 2.24) is 4.98 Å². The molecule has 0 fully saturated rings. The summed E-state index contributed by atoms with van der Waals surface area (Å²) < 4.78 is 0. The van der Waals surface area contributed by atoms with Gasteiger partial charge in [-0.2, -0.15) is 0 Å². The molecule has 0 atom stereocenters. The number of hydrogen-bond acceptors (Lipinski definition) is 3. The molecule has 1 aromatic heterocycles. The van der Waals surface area contributed by atoms with Crippen molar-refractivity contribution in [3.63, 3.8) is 0 Å². The van der Waals surface area contributed by atoms with Gasteiger partial charge in [-0.05, 0) is 48.4 Å². The predicted octanol–water partition coefficient (Wildman–Crippen LogP) is 4.17. The van der Waals surface area contributed by atoms with Crippen LogP contribution in [0.2, 0.25) is 0 Å². The average Bonchev–Trinajstić information content (AvgIpc) is 2.74. The quantitative estimate of drug-likeness (QED) is 0.743. The van der Waals surface area contributed by atoms with E-state index in [4.69, 9.17) is 0 Å². The van der Waals surface area contributed by atoms with E-state index in [-0.39, 0.29) is 17.5 Å². The van der Waals surface area contributed by atoms with Gasteiger partial charge in [0.05, 0.1) is 0 Å².